The van der Waals surface area contributed by atoms with Gasteiger partial charge in [0.15, 0.2) is 0 Å². The van der Waals surface area contributed by atoms with Crippen molar-refractivity contribution >= 4 is 20.4 Å². The van der Waals surface area contributed by atoms with Crippen molar-refractivity contribution in [3.8, 4) is 5.75 Å². The summed E-state index contributed by atoms with van der Waals surface area (Å²) >= 11 is 0. The molecular weight excluding hydrogens is 282 g/mol. The Bertz CT molecular complexity index is 653. The molecule has 2 aromatic rings. The van der Waals surface area contributed by atoms with Crippen LogP contribution in [0.4, 0.5) is 5.69 Å². The topological polar surface area (TPSA) is 52.4 Å². The summed E-state index contributed by atoms with van der Waals surface area (Å²) in [6.45, 7) is 6.16. The predicted molar refractivity (Wildman–Crippen MR) is 84.6 cm³/mol. The van der Waals surface area contributed by atoms with E-state index in [1.54, 1.807) is 12.1 Å². The lowest BCUT2D eigenvalue weighted by Gasteiger charge is -2.09. The lowest BCUT2D eigenvalue weighted by molar-refractivity contribution is -0.384. The molecule has 4 nitrogen and oxygen atoms in total. The number of hydrogen-bond acceptors (Lipinski definition) is 3. The molecule has 0 fully saturated rings. The normalized spacial score (nSPS) is 10.1. The first kappa shape index (κ1) is 15.0. The summed E-state index contributed by atoms with van der Waals surface area (Å²) in [6.07, 6.45) is 0.519. The van der Waals surface area contributed by atoms with E-state index in [2.05, 4.69) is 25.6 Å². The second-order valence-electron chi connectivity index (χ2n) is 4.51. The van der Waals surface area contributed by atoms with Gasteiger partial charge in [-0.05, 0) is 30.2 Å². The van der Waals surface area contributed by atoms with E-state index in [0.29, 0.717) is 21.5 Å². The van der Waals surface area contributed by atoms with Crippen LogP contribution in [-0.2, 0) is 0 Å². The first-order chi connectivity index (χ1) is 10.1. The smallest absolute Gasteiger partial charge is 0.269 e. The Morgan fingerprint density at radius 3 is 2.52 bits per heavy atom. The summed E-state index contributed by atoms with van der Waals surface area (Å²) in [6, 6.07) is 14.2. The molecule has 5 heteroatoms. The summed E-state index contributed by atoms with van der Waals surface area (Å²) in [5.74, 6) is 0.630. The van der Waals surface area contributed by atoms with Crippen molar-refractivity contribution in [2.75, 3.05) is 6.23 Å². The Morgan fingerprint density at radius 1 is 1.24 bits per heavy atom. The van der Waals surface area contributed by atoms with Crippen LogP contribution < -0.4 is 4.74 Å². The first-order valence-electron chi connectivity index (χ1n) is 6.44. The van der Waals surface area contributed by atoms with Gasteiger partial charge in [-0.15, -0.1) is 0 Å². The van der Waals surface area contributed by atoms with Crippen LogP contribution in [0.25, 0.3) is 5.20 Å². The number of nitro benzene ring substituents is 1. The van der Waals surface area contributed by atoms with E-state index in [1.807, 2.05) is 12.1 Å². The summed E-state index contributed by atoms with van der Waals surface area (Å²) < 4.78 is 5.60. The van der Waals surface area contributed by atoms with E-state index in [0.717, 1.165) is 10.8 Å². The molecule has 21 heavy (non-hydrogen) atoms. The molecule has 0 aliphatic rings. The maximum absolute atomic E-state index is 10.6. The average Bonchev–Trinajstić information content (AvgIpc) is 2.48. The highest BCUT2D eigenvalue weighted by atomic mass is 28.2. The number of benzene rings is 2. The Morgan fingerprint density at radius 2 is 1.90 bits per heavy atom. The molecule has 106 valence electrons. The third-order valence-electron chi connectivity index (χ3n) is 3.04. The van der Waals surface area contributed by atoms with Crippen molar-refractivity contribution in [3.63, 3.8) is 0 Å². The van der Waals surface area contributed by atoms with Crippen molar-refractivity contribution in [1.82, 2.24) is 0 Å². The molecule has 0 aromatic heterocycles. The van der Waals surface area contributed by atoms with Crippen LogP contribution in [0.5, 0.6) is 5.75 Å². The van der Waals surface area contributed by atoms with Crippen LogP contribution in [0.2, 0.25) is 0 Å². The molecule has 2 radical (unpaired) electrons. The van der Waals surface area contributed by atoms with E-state index in [9.17, 15) is 10.1 Å². The number of ether oxygens (including phenoxy) is 1. The van der Waals surface area contributed by atoms with Gasteiger partial charge in [-0.1, -0.05) is 36.0 Å². The molecule has 0 bridgehead atoms. The van der Waals surface area contributed by atoms with Crippen molar-refractivity contribution in [3.05, 3.63) is 76.4 Å². The first-order valence-corrected chi connectivity index (χ1v) is 7.64. The summed E-state index contributed by atoms with van der Waals surface area (Å²) in [7, 11) is 0.447. The summed E-state index contributed by atoms with van der Waals surface area (Å²) in [4.78, 5) is 10.1. The third kappa shape index (κ3) is 4.03. The Labute approximate surface area is 126 Å². The van der Waals surface area contributed by atoms with E-state index >= 15 is 0 Å². The lowest BCUT2D eigenvalue weighted by atomic mass is 10.1. The number of nitrogens with zero attached hydrogens (tertiary/aromatic N) is 1. The van der Waals surface area contributed by atoms with Gasteiger partial charge in [-0.25, -0.2) is 0 Å². The van der Waals surface area contributed by atoms with Gasteiger partial charge in [-0.3, -0.25) is 10.1 Å². The fourth-order valence-corrected chi connectivity index (χ4v) is 2.76. The van der Waals surface area contributed by atoms with Crippen LogP contribution in [0, 0.1) is 17.0 Å². The molecule has 0 heterocycles. The van der Waals surface area contributed by atoms with Crippen molar-refractivity contribution < 1.29 is 9.66 Å². The zero-order valence-electron chi connectivity index (χ0n) is 11.7. The minimum Gasteiger partial charge on any atom is -0.497 e. The largest absolute Gasteiger partial charge is 0.497 e. The zero-order valence-corrected chi connectivity index (χ0v) is 12.7. The number of hydrogen-bond donors (Lipinski definition) is 0. The molecule has 0 saturated carbocycles. The van der Waals surface area contributed by atoms with E-state index in [1.165, 1.54) is 17.7 Å². The van der Waals surface area contributed by atoms with Gasteiger partial charge in [-0.2, -0.15) is 0 Å². The standard InChI is InChI=1S/C16H15NO3Si/c1-12-5-3-4-6-16(12)13(2)21-11-20-15-9-7-14(8-10-15)17(18)19/h3-10H,2,11H2,1H3. The third-order valence-corrected chi connectivity index (χ3v) is 4.03. The fourth-order valence-electron chi connectivity index (χ4n) is 1.88. The Kier molecular flexibility index (Phi) is 4.89. The van der Waals surface area contributed by atoms with E-state index < -0.39 is 4.92 Å². The fraction of sp³-hybridized carbons (Fsp3) is 0.125. The van der Waals surface area contributed by atoms with Crippen molar-refractivity contribution in [1.29, 1.82) is 0 Å². The van der Waals surface area contributed by atoms with E-state index in [4.69, 9.17) is 4.74 Å². The molecule has 0 N–H and O–H groups in total. The predicted octanol–water partition coefficient (Wildman–Crippen LogP) is 3.61. The molecule has 0 amide bonds. The summed E-state index contributed by atoms with van der Waals surface area (Å²) in [5.41, 5.74) is 2.42. The number of nitro groups is 1. The van der Waals surface area contributed by atoms with Crippen molar-refractivity contribution in [2.24, 2.45) is 0 Å². The zero-order chi connectivity index (χ0) is 15.2. The number of rotatable bonds is 6. The minimum absolute atomic E-state index is 0.0640. The molecule has 0 atom stereocenters. The molecule has 0 saturated heterocycles. The highest BCUT2D eigenvalue weighted by Gasteiger charge is 2.06. The average molecular weight is 297 g/mol. The van der Waals surface area contributed by atoms with Gasteiger partial charge < -0.3 is 4.74 Å². The lowest BCUT2D eigenvalue weighted by Crippen LogP contribution is -2.09. The van der Waals surface area contributed by atoms with Crippen molar-refractivity contribution in [2.45, 2.75) is 6.92 Å². The van der Waals surface area contributed by atoms with Crippen LogP contribution in [-0.4, -0.2) is 20.7 Å². The monoisotopic (exact) mass is 297 g/mol. The number of non-ortho nitro benzene ring substituents is 1. The van der Waals surface area contributed by atoms with Gasteiger partial charge >= 0.3 is 0 Å². The van der Waals surface area contributed by atoms with Crippen LogP contribution in [0.15, 0.2) is 55.1 Å². The molecule has 2 aromatic carbocycles. The highest BCUT2D eigenvalue weighted by Crippen LogP contribution is 2.18. The van der Waals surface area contributed by atoms with Gasteiger partial charge in [0, 0.05) is 12.1 Å². The van der Waals surface area contributed by atoms with Gasteiger partial charge in [0.05, 0.1) is 11.2 Å². The quantitative estimate of drug-likeness (QED) is 0.465. The van der Waals surface area contributed by atoms with Crippen LogP contribution in [0.3, 0.4) is 0 Å². The van der Waals surface area contributed by atoms with E-state index in [-0.39, 0.29) is 5.69 Å². The molecule has 2 rings (SSSR count). The maximum atomic E-state index is 10.6. The Hall–Kier alpha value is -2.40. The van der Waals surface area contributed by atoms with Crippen LogP contribution >= 0.6 is 0 Å². The SMILES string of the molecule is C=C([Si]COc1ccc([N+](=O)[O-])cc1)c1ccccc1C. The van der Waals surface area contributed by atoms with Gasteiger partial charge in [0.2, 0.25) is 0 Å². The van der Waals surface area contributed by atoms with Crippen LogP contribution in [0.1, 0.15) is 11.1 Å². The molecule has 0 spiro atoms. The second-order valence-corrected chi connectivity index (χ2v) is 5.76. The second kappa shape index (κ2) is 6.85. The molecule has 0 aliphatic heterocycles. The maximum Gasteiger partial charge on any atom is 0.269 e. The van der Waals surface area contributed by atoms with Gasteiger partial charge in [0.25, 0.3) is 5.69 Å². The number of aryl methyl sites for hydroxylation is 1. The summed E-state index contributed by atoms with van der Waals surface area (Å²) in [5, 5.41) is 11.6. The highest BCUT2D eigenvalue weighted by molar-refractivity contribution is 6.60. The molecule has 0 unspecified atom stereocenters. The molecular formula is C16H15NO3Si. The molecule has 0 aliphatic carbocycles. The van der Waals surface area contributed by atoms with Gasteiger partial charge in [0.1, 0.15) is 15.3 Å². The Balaban J connectivity index is 1.88. The minimum atomic E-state index is -0.425.